The zero-order chi connectivity index (χ0) is 18.4. The van der Waals surface area contributed by atoms with Crippen LogP contribution < -0.4 is 4.90 Å². The van der Waals surface area contributed by atoms with E-state index < -0.39 is 0 Å². The number of thiophene rings is 1. The van der Waals surface area contributed by atoms with Gasteiger partial charge in [-0.05, 0) is 42.9 Å². The minimum Gasteiger partial charge on any atom is -0.459 e. The molecular weight excluding hydrogens is 360 g/mol. The Hall–Kier alpha value is -2.41. The minimum absolute atomic E-state index is 0.0330. The van der Waals surface area contributed by atoms with Gasteiger partial charge in [0.25, 0.3) is 5.91 Å². The number of amides is 1. The quantitative estimate of drug-likeness (QED) is 0.680. The van der Waals surface area contributed by atoms with Crippen molar-refractivity contribution in [2.75, 3.05) is 31.1 Å². The Morgan fingerprint density at radius 2 is 2.11 bits per heavy atom. The van der Waals surface area contributed by atoms with Crippen LogP contribution >= 0.6 is 11.3 Å². The molecular formula is C20H22N4O2S. The molecule has 7 heteroatoms. The van der Waals surface area contributed by atoms with Gasteiger partial charge >= 0.3 is 0 Å². The predicted octanol–water partition coefficient (Wildman–Crippen LogP) is 3.37. The minimum atomic E-state index is -0.0330. The smallest absolute Gasteiger partial charge is 0.289 e. The van der Waals surface area contributed by atoms with Crippen molar-refractivity contribution in [3.8, 4) is 0 Å². The zero-order valence-corrected chi connectivity index (χ0v) is 16.2. The van der Waals surface area contributed by atoms with Crippen molar-refractivity contribution in [1.82, 2.24) is 14.9 Å². The first-order valence-corrected chi connectivity index (χ1v) is 10.4. The van der Waals surface area contributed by atoms with Crippen molar-refractivity contribution in [1.29, 1.82) is 0 Å². The number of nitrogens with zero attached hydrogens (tertiary/aromatic N) is 4. The molecule has 5 rings (SSSR count). The van der Waals surface area contributed by atoms with Crippen molar-refractivity contribution in [2.24, 2.45) is 5.92 Å². The number of hydrogen-bond acceptors (Lipinski definition) is 6. The summed E-state index contributed by atoms with van der Waals surface area (Å²) in [6.07, 6.45) is 6.73. The fourth-order valence-electron chi connectivity index (χ4n) is 4.18. The van der Waals surface area contributed by atoms with Gasteiger partial charge in [-0.15, -0.1) is 11.3 Å². The number of furan rings is 1. The third kappa shape index (κ3) is 2.90. The average Bonchev–Trinajstić information content (AvgIpc) is 3.34. The summed E-state index contributed by atoms with van der Waals surface area (Å²) in [7, 11) is 0. The molecule has 140 valence electrons. The molecule has 1 aliphatic carbocycles. The van der Waals surface area contributed by atoms with Gasteiger partial charge in [-0.2, -0.15) is 0 Å². The highest BCUT2D eigenvalue weighted by molar-refractivity contribution is 7.19. The van der Waals surface area contributed by atoms with Crippen molar-refractivity contribution < 1.29 is 9.21 Å². The molecule has 0 radical (unpaired) electrons. The Labute approximate surface area is 161 Å². The van der Waals surface area contributed by atoms with Crippen LogP contribution in [0.3, 0.4) is 0 Å². The molecule has 0 saturated carbocycles. The van der Waals surface area contributed by atoms with Gasteiger partial charge in [-0.3, -0.25) is 4.79 Å². The number of carbonyl (C=O) groups is 1. The molecule has 1 atom stereocenters. The highest BCUT2D eigenvalue weighted by atomic mass is 32.1. The van der Waals surface area contributed by atoms with Gasteiger partial charge in [0.2, 0.25) is 0 Å². The summed E-state index contributed by atoms with van der Waals surface area (Å²) in [4.78, 5) is 28.4. The van der Waals surface area contributed by atoms with Crippen LogP contribution in [-0.2, 0) is 12.8 Å². The summed E-state index contributed by atoms with van der Waals surface area (Å²) in [5, 5.41) is 1.25. The van der Waals surface area contributed by atoms with E-state index in [2.05, 4.69) is 21.8 Å². The SMILES string of the molecule is C[C@@H]1CCc2c(sc3ncnc(N4CCN(C(=O)c5ccco5)CC4)c23)C1. The molecule has 1 fully saturated rings. The number of carbonyl (C=O) groups excluding carboxylic acids is 1. The highest BCUT2D eigenvalue weighted by Gasteiger charge is 2.28. The van der Waals surface area contributed by atoms with Crippen molar-refractivity contribution in [3.05, 3.63) is 40.9 Å². The van der Waals surface area contributed by atoms with E-state index >= 15 is 0 Å². The van der Waals surface area contributed by atoms with Gasteiger partial charge in [0, 0.05) is 31.1 Å². The van der Waals surface area contributed by atoms with E-state index in [0.717, 1.165) is 42.5 Å². The fraction of sp³-hybridized carbons (Fsp3) is 0.450. The van der Waals surface area contributed by atoms with E-state index in [1.54, 1.807) is 24.7 Å². The van der Waals surface area contributed by atoms with E-state index in [1.807, 2.05) is 16.2 Å². The second-order valence-electron chi connectivity index (χ2n) is 7.49. The molecule has 3 aromatic rings. The standard InChI is InChI=1S/C20H22N4O2S/c1-13-4-5-14-16(11-13)27-19-17(14)18(21-12-22-19)23-6-8-24(9-7-23)20(25)15-3-2-10-26-15/h2-3,10,12-13H,4-9,11H2,1H3/t13-/m1/s1. The van der Waals surface area contributed by atoms with E-state index in [4.69, 9.17) is 4.42 Å². The molecule has 1 amide bonds. The maximum atomic E-state index is 12.5. The van der Waals surface area contributed by atoms with Crippen LogP contribution in [0.1, 0.15) is 34.3 Å². The maximum Gasteiger partial charge on any atom is 0.289 e. The van der Waals surface area contributed by atoms with Crippen molar-refractivity contribution in [3.63, 3.8) is 0 Å². The number of fused-ring (bicyclic) bond motifs is 3. The summed E-state index contributed by atoms with van der Waals surface area (Å²) in [5.74, 6) is 2.17. The van der Waals surface area contributed by atoms with Gasteiger partial charge in [0.15, 0.2) is 5.76 Å². The summed E-state index contributed by atoms with van der Waals surface area (Å²) >= 11 is 1.83. The Morgan fingerprint density at radius 1 is 1.26 bits per heavy atom. The van der Waals surface area contributed by atoms with Crippen LogP contribution in [0.15, 0.2) is 29.1 Å². The Bertz CT molecular complexity index is 973. The first-order valence-electron chi connectivity index (χ1n) is 9.53. The van der Waals surface area contributed by atoms with Gasteiger partial charge in [0.1, 0.15) is 17.0 Å². The lowest BCUT2D eigenvalue weighted by Gasteiger charge is -2.35. The summed E-state index contributed by atoms with van der Waals surface area (Å²) < 4.78 is 5.25. The highest BCUT2D eigenvalue weighted by Crippen LogP contribution is 2.40. The molecule has 1 saturated heterocycles. The molecule has 2 aliphatic rings. The van der Waals surface area contributed by atoms with Gasteiger partial charge in [-0.1, -0.05) is 6.92 Å². The van der Waals surface area contributed by atoms with Crippen LogP contribution in [-0.4, -0.2) is 47.0 Å². The Balaban J connectivity index is 1.40. The predicted molar refractivity (Wildman–Crippen MR) is 105 cm³/mol. The number of hydrogen-bond donors (Lipinski definition) is 0. The van der Waals surface area contributed by atoms with E-state index in [0.29, 0.717) is 18.8 Å². The molecule has 0 bridgehead atoms. The fourth-order valence-corrected chi connectivity index (χ4v) is 5.52. The lowest BCUT2D eigenvalue weighted by atomic mass is 9.89. The largest absolute Gasteiger partial charge is 0.459 e. The number of piperazine rings is 1. The van der Waals surface area contributed by atoms with Crippen molar-refractivity contribution >= 4 is 33.3 Å². The molecule has 0 unspecified atom stereocenters. The van der Waals surface area contributed by atoms with Gasteiger partial charge in [0.05, 0.1) is 11.6 Å². The lowest BCUT2D eigenvalue weighted by Crippen LogP contribution is -2.49. The maximum absolute atomic E-state index is 12.5. The van der Waals surface area contributed by atoms with Crippen LogP contribution in [0.25, 0.3) is 10.2 Å². The zero-order valence-electron chi connectivity index (χ0n) is 15.4. The number of rotatable bonds is 2. The molecule has 0 N–H and O–H groups in total. The normalized spacial score (nSPS) is 20.1. The van der Waals surface area contributed by atoms with Crippen LogP contribution in [0.4, 0.5) is 5.82 Å². The van der Waals surface area contributed by atoms with Gasteiger partial charge < -0.3 is 14.2 Å². The molecule has 0 aromatic carbocycles. The van der Waals surface area contributed by atoms with E-state index in [1.165, 1.54) is 22.2 Å². The number of aromatic nitrogens is 2. The van der Waals surface area contributed by atoms with Gasteiger partial charge in [-0.25, -0.2) is 9.97 Å². The molecule has 27 heavy (non-hydrogen) atoms. The van der Waals surface area contributed by atoms with Crippen LogP contribution in [0, 0.1) is 5.92 Å². The number of aryl methyl sites for hydroxylation is 1. The van der Waals surface area contributed by atoms with Crippen molar-refractivity contribution in [2.45, 2.75) is 26.2 Å². The Kier molecular flexibility index (Phi) is 4.11. The van der Waals surface area contributed by atoms with Crippen LogP contribution in [0.5, 0.6) is 0 Å². The van der Waals surface area contributed by atoms with E-state index in [9.17, 15) is 4.79 Å². The second-order valence-corrected chi connectivity index (χ2v) is 8.57. The molecule has 0 spiro atoms. The summed E-state index contributed by atoms with van der Waals surface area (Å²) in [5.41, 5.74) is 1.46. The molecule has 3 aromatic heterocycles. The third-order valence-electron chi connectivity index (χ3n) is 5.67. The second kappa shape index (κ2) is 6.64. The summed E-state index contributed by atoms with van der Waals surface area (Å²) in [6.45, 7) is 5.23. The molecule has 4 heterocycles. The van der Waals surface area contributed by atoms with E-state index in [-0.39, 0.29) is 5.91 Å². The monoisotopic (exact) mass is 382 g/mol. The third-order valence-corrected chi connectivity index (χ3v) is 6.83. The Morgan fingerprint density at radius 3 is 2.89 bits per heavy atom. The average molecular weight is 382 g/mol. The molecule has 6 nitrogen and oxygen atoms in total. The number of anilines is 1. The first-order chi connectivity index (χ1) is 13.2. The first kappa shape index (κ1) is 16.7. The topological polar surface area (TPSA) is 62.5 Å². The summed E-state index contributed by atoms with van der Waals surface area (Å²) in [6, 6.07) is 3.48. The van der Waals surface area contributed by atoms with Crippen LogP contribution in [0.2, 0.25) is 0 Å². The molecule has 1 aliphatic heterocycles. The lowest BCUT2D eigenvalue weighted by molar-refractivity contribution is 0.0714.